The van der Waals surface area contributed by atoms with Crippen molar-refractivity contribution in [2.24, 2.45) is 0 Å². The van der Waals surface area contributed by atoms with Crippen LogP contribution in [-0.4, -0.2) is 9.97 Å². The summed E-state index contributed by atoms with van der Waals surface area (Å²) in [7, 11) is 0. The molecule has 0 amide bonds. The van der Waals surface area contributed by atoms with Gasteiger partial charge in [0, 0.05) is 11.8 Å². The summed E-state index contributed by atoms with van der Waals surface area (Å²) >= 11 is 6.12. The molecule has 1 aromatic heterocycles. The average molecular weight is 221 g/mol. The SMILES string of the molecule is CCCc1nc(Cl)c2cccc(C)c2n1. The van der Waals surface area contributed by atoms with Gasteiger partial charge in [0.05, 0.1) is 5.52 Å². The first-order chi connectivity index (χ1) is 7.22. The van der Waals surface area contributed by atoms with Crippen molar-refractivity contribution in [2.45, 2.75) is 26.7 Å². The lowest BCUT2D eigenvalue weighted by Crippen LogP contribution is -1.97. The first-order valence-corrected chi connectivity index (χ1v) is 5.52. The first-order valence-electron chi connectivity index (χ1n) is 5.14. The molecule has 0 saturated heterocycles. The van der Waals surface area contributed by atoms with Gasteiger partial charge >= 0.3 is 0 Å². The zero-order chi connectivity index (χ0) is 10.8. The van der Waals surface area contributed by atoms with Gasteiger partial charge in [-0.3, -0.25) is 0 Å². The maximum absolute atomic E-state index is 6.12. The summed E-state index contributed by atoms with van der Waals surface area (Å²) in [5.41, 5.74) is 2.12. The highest BCUT2D eigenvalue weighted by atomic mass is 35.5. The Balaban J connectivity index is 2.68. The van der Waals surface area contributed by atoms with E-state index in [-0.39, 0.29) is 0 Å². The highest BCUT2D eigenvalue weighted by Crippen LogP contribution is 2.22. The molecule has 3 heteroatoms. The minimum atomic E-state index is 0.562. The minimum absolute atomic E-state index is 0.562. The van der Waals surface area contributed by atoms with Crippen molar-refractivity contribution in [2.75, 3.05) is 0 Å². The molecule has 0 aliphatic carbocycles. The maximum atomic E-state index is 6.12. The molecule has 15 heavy (non-hydrogen) atoms. The molecule has 0 N–H and O–H groups in total. The van der Waals surface area contributed by atoms with Crippen molar-refractivity contribution in [3.8, 4) is 0 Å². The molecule has 1 heterocycles. The first kappa shape index (κ1) is 10.4. The lowest BCUT2D eigenvalue weighted by atomic mass is 10.1. The van der Waals surface area contributed by atoms with Crippen molar-refractivity contribution in [1.29, 1.82) is 0 Å². The number of halogens is 1. The van der Waals surface area contributed by atoms with Crippen LogP contribution in [0.5, 0.6) is 0 Å². The summed E-state index contributed by atoms with van der Waals surface area (Å²) in [5, 5.41) is 1.50. The van der Waals surface area contributed by atoms with Gasteiger partial charge in [0.1, 0.15) is 11.0 Å². The van der Waals surface area contributed by atoms with E-state index in [2.05, 4.69) is 16.9 Å². The summed E-state index contributed by atoms with van der Waals surface area (Å²) < 4.78 is 0. The summed E-state index contributed by atoms with van der Waals surface area (Å²) in [5.74, 6) is 0.837. The number of rotatable bonds is 2. The molecule has 0 unspecified atom stereocenters. The smallest absolute Gasteiger partial charge is 0.140 e. The molecule has 1 aromatic carbocycles. The Morgan fingerprint density at radius 2 is 2.07 bits per heavy atom. The van der Waals surface area contributed by atoms with Gasteiger partial charge in [-0.25, -0.2) is 9.97 Å². The predicted molar refractivity (Wildman–Crippen MR) is 63.3 cm³/mol. The largest absolute Gasteiger partial charge is 0.233 e. The van der Waals surface area contributed by atoms with Gasteiger partial charge in [0.2, 0.25) is 0 Å². The van der Waals surface area contributed by atoms with Crippen LogP contribution in [0, 0.1) is 6.92 Å². The van der Waals surface area contributed by atoms with Crippen molar-refractivity contribution >= 4 is 22.5 Å². The van der Waals surface area contributed by atoms with Gasteiger partial charge < -0.3 is 0 Å². The number of para-hydroxylation sites is 1. The van der Waals surface area contributed by atoms with E-state index in [1.165, 1.54) is 0 Å². The predicted octanol–water partition coefficient (Wildman–Crippen LogP) is 3.54. The molecule has 2 nitrogen and oxygen atoms in total. The lowest BCUT2D eigenvalue weighted by Gasteiger charge is -2.05. The minimum Gasteiger partial charge on any atom is -0.233 e. The molecule has 0 aliphatic heterocycles. The summed E-state index contributed by atoms with van der Waals surface area (Å²) in [6.45, 7) is 4.15. The van der Waals surface area contributed by atoms with Gasteiger partial charge in [0.25, 0.3) is 0 Å². The van der Waals surface area contributed by atoms with Gasteiger partial charge in [-0.05, 0) is 25.0 Å². The van der Waals surface area contributed by atoms with Gasteiger partial charge in [-0.15, -0.1) is 0 Å². The molecule has 0 aliphatic rings. The molecule has 2 aromatic rings. The molecular weight excluding hydrogens is 208 g/mol. The summed E-state index contributed by atoms with van der Waals surface area (Å²) in [6, 6.07) is 5.98. The van der Waals surface area contributed by atoms with Crippen LogP contribution in [0.1, 0.15) is 24.7 Å². The fourth-order valence-corrected chi connectivity index (χ4v) is 1.89. The Kier molecular flexibility index (Phi) is 2.87. The Morgan fingerprint density at radius 3 is 2.80 bits per heavy atom. The van der Waals surface area contributed by atoms with Gasteiger partial charge in [-0.2, -0.15) is 0 Å². The molecule has 0 bridgehead atoms. The zero-order valence-electron chi connectivity index (χ0n) is 8.92. The Morgan fingerprint density at radius 1 is 1.27 bits per heavy atom. The topological polar surface area (TPSA) is 25.8 Å². The van der Waals surface area contributed by atoms with Crippen molar-refractivity contribution in [3.63, 3.8) is 0 Å². The number of aryl methyl sites for hydroxylation is 2. The average Bonchev–Trinajstić information content (AvgIpc) is 2.20. The van der Waals surface area contributed by atoms with E-state index >= 15 is 0 Å². The normalized spacial score (nSPS) is 10.9. The Hall–Kier alpha value is -1.15. The lowest BCUT2D eigenvalue weighted by molar-refractivity contribution is 0.844. The van der Waals surface area contributed by atoms with Crippen LogP contribution in [0.3, 0.4) is 0 Å². The zero-order valence-corrected chi connectivity index (χ0v) is 9.67. The number of hydrogen-bond acceptors (Lipinski definition) is 2. The van der Waals surface area contributed by atoms with E-state index in [1.54, 1.807) is 0 Å². The highest BCUT2D eigenvalue weighted by Gasteiger charge is 2.06. The third-order valence-corrected chi connectivity index (χ3v) is 2.69. The van der Waals surface area contributed by atoms with E-state index in [1.807, 2.05) is 25.1 Å². The van der Waals surface area contributed by atoms with Crippen LogP contribution < -0.4 is 0 Å². The van der Waals surface area contributed by atoms with E-state index in [0.29, 0.717) is 5.15 Å². The monoisotopic (exact) mass is 220 g/mol. The molecule has 0 atom stereocenters. The number of benzene rings is 1. The van der Waals surface area contributed by atoms with Crippen LogP contribution in [0.15, 0.2) is 18.2 Å². The van der Waals surface area contributed by atoms with E-state index < -0.39 is 0 Å². The highest BCUT2D eigenvalue weighted by molar-refractivity contribution is 6.34. The van der Waals surface area contributed by atoms with Crippen molar-refractivity contribution in [3.05, 3.63) is 34.7 Å². The summed E-state index contributed by atoms with van der Waals surface area (Å²) in [6.07, 6.45) is 1.91. The second kappa shape index (κ2) is 4.15. The third kappa shape index (κ3) is 1.95. The second-order valence-corrected chi connectivity index (χ2v) is 4.01. The van der Waals surface area contributed by atoms with Crippen molar-refractivity contribution in [1.82, 2.24) is 9.97 Å². The van der Waals surface area contributed by atoms with Crippen LogP contribution >= 0.6 is 11.6 Å². The molecule has 0 saturated carbocycles. The standard InChI is InChI=1S/C12H13ClN2/c1-3-5-10-14-11-8(2)6-4-7-9(11)12(13)15-10/h4,6-7H,3,5H2,1-2H3. The quantitative estimate of drug-likeness (QED) is 0.724. The second-order valence-electron chi connectivity index (χ2n) is 3.65. The van der Waals surface area contributed by atoms with Crippen LogP contribution in [-0.2, 0) is 6.42 Å². The van der Waals surface area contributed by atoms with E-state index in [0.717, 1.165) is 35.1 Å². The fourth-order valence-electron chi connectivity index (χ4n) is 1.64. The van der Waals surface area contributed by atoms with Gasteiger partial charge in [-0.1, -0.05) is 30.7 Å². The van der Waals surface area contributed by atoms with E-state index in [4.69, 9.17) is 11.6 Å². The summed E-state index contributed by atoms with van der Waals surface area (Å²) in [4.78, 5) is 8.82. The molecule has 0 fully saturated rings. The van der Waals surface area contributed by atoms with Crippen molar-refractivity contribution < 1.29 is 0 Å². The molecule has 2 rings (SSSR count). The Bertz CT molecular complexity index is 494. The van der Waals surface area contributed by atoms with Crippen LogP contribution in [0.4, 0.5) is 0 Å². The number of fused-ring (bicyclic) bond motifs is 1. The molecular formula is C12H13ClN2. The number of aromatic nitrogens is 2. The third-order valence-electron chi connectivity index (χ3n) is 2.40. The van der Waals surface area contributed by atoms with Gasteiger partial charge in [0.15, 0.2) is 0 Å². The van der Waals surface area contributed by atoms with E-state index in [9.17, 15) is 0 Å². The van der Waals surface area contributed by atoms with Crippen LogP contribution in [0.25, 0.3) is 10.9 Å². The molecule has 0 radical (unpaired) electrons. The number of nitrogens with zero attached hydrogens (tertiary/aromatic N) is 2. The number of hydrogen-bond donors (Lipinski definition) is 0. The molecule has 0 spiro atoms. The Labute approximate surface area is 94.3 Å². The van der Waals surface area contributed by atoms with Crippen LogP contribution in [0.2, 0.25) is 5.15 Å². The fraction of sp³-hybridized carbons (Fsp3) is 0.333. The maximum Gasteiger partial charge on any atom is 0.140 e. The molecule has 78 valence electrons.